The molecule has 1 aromatic carbocycles. The largest absolute Gasteiger partial charge is 0.355 e. The van der Waals surface area contributed by atoms with Gasteiger partial charge in [0, 0.05) is 12.6 Å². The number of amides is 1. The number of nitrogens with one attached hydrogen (secondary N) is 1. The molecule has 3 nitrogen and oxygen atoms in total. The maximum Gasteiger partial charge on any atom is 0.251 e. The molecule has 1 amide bonds. The number of carbonyl (C=O) groups excluding carboxylic acids is 1. The van der Waals surface area contributed by atoms with Gasteiger partial charge in [-0.15, -0.1) is 0 Å². The van der Waals surface area contributed by atoms with Crippen LogP contribution in [0.3, 0.4) is 0 Å². The summed E-state index contributed by atoms with van der Waals surface area (Å²) in [6.45, 7) is 0. The molecule has 12 heavy (non-hydrogen) atoms. The average molecular weight is 160 g/mol. The highest BCUT2D eigenvalue weighted by Crippen LogP contribution is 2.02. The van der Waals surface area contributed by atoms with E-state index in [1.165, 1.54) is 0 Å². The Morgan fingerprint density at radius 3 is 2.42 bits per heavy atom. The van der Waals surface area contributed by atoms with Crippen molar-refractivity contribution in [1.82, 2.24) is 5.32 Å². The third-order valence-electron chi connectivity index (χ3n) is 1.50. The highest BCUT2D eigenvalue weighted by atomic mass is 16.1. The number of nitrogens with zero attached hydrogens (tertiary/aromatic N) is 1. The molecule has 0 fully saturated rings. The van der Waals surface area contributed by atoms with E-state index < -0.39 is 0 Å². The summed E-state index contributed by atoms with van der Waals surface area (Å²) in [6.07, 6.45) is 0. The molecule has 3 heteroatoms. The Balaban J connectivity index is 2.94. The third-order valence-corrected chi connectivity index (χ3v) is 1.50. The van der Waals surface area contributed by atoms with E-state index in [2.05, 4.69) is 5.32 Å². The van der Waals surface area contributed by atoms with Gasteiger partial charge in [-0.1, -0.05) is 0 Å². The van der Waals surface area contributed by atoms with Gasteiger partial charge in [0.15, 0.2) is 0 Å². The lowest BCUT2D eigenvalue weighted by Crippen LogP contribution is -2.17. The second kappa shape index (κ2) is 3.54. The van der Waals surface area contributed by atoms with Crippen molar-refractivity contribution in [1.29, 1.82) is 5.26 Å². The van der Waals surface area contributed by atoms with Gasteiger partial charge < -0.3 is 5.32 Å². The molecule has 0 spiro atoms. The zero-order valence-corrected chi connectivity index (χ0v) is 6.66. The van der Waals surface area contributed by atoms with E-state index in [4.69, 9.17) is 5.26 Å². The number of benzene rings is 1. The van der Waals surface area contributed by atoms with Gasteiger partial charge in [-0.2, -0.15) is 5.26 Å². The Bertz CT molecular complexity index is 321. The molecule has 1 N–H and O–H groups in total. The van der Waals surface area contributed by atoms with Crippen molar-refractivity contribution in [3.8, 4) is 6.07 Å². The number of carbonyl (C=O) groups is 1. The van der Waals surface area contributed by atoms with Crippen LogP contribution < -0.4 is 5.32 Å². The van der Waals surface area contributed by atoms with Crippen molar-refractivity contribution < 1.29 is 4.79 Å². The molecule has 0 heterocycles. The lowest BCUT2D eigenvalue weighted by Gasteiger charge is -1.97. The molecule has 0 aromatic heterocycles. The molecule has 0 aliphatic carbocycles. The molecule has 1 rings (SSSR count). The van der Waals surface area contributed by atoms with Gasteiger partial charge in [-0.05, 0) is 24.3 Å². The molecule has 0 bridgehead atoms. The molecule has 60 valence electrons. The minimum Gasteiger partial charge on any atom is -0.355 e. The molecule has 0 saturated heterocycles. The van der Waals surface area contributed by atoms with Gasteiger partial charge in [0.05, 0.1) is 11.6 Å². The highest BCUT2D eigenvalue weighted by Gasteiger charge is 2.00. The van der Waals surface area contributed by atoms with Gasteiger partial charge in [0.2, 0.25) is 0 Å². The van der Waals surface area contributed by atoms with Crippen LogP contribution in [-0.2, 0) is 0 Å². The number of nitriles is 1. The summed E-state index contributed by atoms with van der Waals surface area (Å²) in [4.78, 5) is 11.0. The number of hydrogen-bond acceptors (Lipinski definition) is 2. The quantitative estimate of drug-likeness (QED) is 0.664. The second-order valence-corrected chi connectivity index (χ2v) is 2.27. The normalized spacial score (nSPS) is 8.67. The van der Waals surface area contributed by atoms with Gasteiger partial charge in [-0.3, -0.25) is 4.79 Å². The fraction of sp³-hybridized carbons (Fsp3) is 0.111. The van der Waals surface area contributed by atoms with E-state index in [0.717, 1.165) is 0 Å². The van der Waals surface area contributed by atoms with Crippen molar-refractivity contribution >= 4 is 5.91 Å². The Kier molecular flexibility index (Phi) is 2.44. The van der Waals surface area contributed by atoms with Crippen LogP contribution in [0.15, 0.2) is 24.3 Å². The summed E-state index contributed by atoms with van der Waals surface area (Å²) in [7, 11) is 1.57. The molecular formula is C9H8N2O. The SMILES string of the molecule is CNC(=O)c1ccc(C#N)cc1. The molecule has 0 aliphatic heterocycles. The lowest BCUT2D eigenvalue weighted by molar-refractivity contribution is 0.0963. The first-order valence-electron chi connectivity index (χ1n) is 3.50. The molecule has 0 atom stereocenters. The van der Waals surface area contributed by atoms with Crippen molar-refractivity contribution in [3.63, 3.8) is 0 Å². The van der Waals surface area contributed by atoms with Crippen LogP contribution in [0.1, 0.15) is 15.9 Å². The van der Waals surface area contributed by atoms with E-state index in [9.17, 15) is 4.79 Å². The van der Waals surface area contributed by atoms with E-state index in [-0.39, 0.29) is 5.91 Å². The fourth-order valence-electron chi connectivity index (χ4n) is 0.840. The van der Waals surface area contributed by atoms with Crippen LogP contribution in [0.5, 0.6) is 0 Å². The summed E-state index contributed by atoms with van der Waals surface area (Å²) in [6, 6.07) is 8.46. The van der Waals surface area contributed by atoms with E-state index >= 15 is 0 Å². The second-order valence-electron chi connectivity index (χ2n) is 2.27. The molecule has 0 radical (unpaired) electrons. The topological polar surface area (TPSA) is 52.9 Å². The predicted octanol–water partition coefficient (Wildman–Crippen LogP) is 0.918. The maximum atomic E-state index is 11.0. The molecule has 1 aromatic rings. The number of hydrogen-bond donors (Lipinski definition) is 1. The van der Waals surface area contributed by atoms with Crippen LogP contribution in [0.25, 0.3) is 0 Å². The Hall–Kier alpha value is -1.82. The first-order valence-corrected chi connectivity index (χ1v) is 3.50. The number of rotatable bonds is 1. The summed E-state index contributed by atoms with van der Waals surface area (Å²) in [5, 5.41) is 11.0. The van der Waals surface area contributed by atoms with Gasteiger partial charge >= 0.3 is 0 Å². The lowest BCUT2D eigenvalue weighted by atomic mass is 10.1. The standard InChI is InChI=1S/C9H8N2O/c1-11-9(12)8-4-2-7(6-10)3-5-8/h2-5H,1H3,(H,11,12). The van der Waals surface area contributed by atoms with Crippen LogP contribution >= 0.6 is 0 Å². The van der Waals surface area contributed by atoms with Gasteiger partial charge in [0.1, 0.15) is 0 Å². The first kappa shape index (κ1) is 8.28. The molecule has 0 saturated carbocycles. The van der Waals surface area contributed by atoms with Crippen molar-refractivity contribution in [2.45, 2.75) is 0 Å². The summed E-state index contributed by atoms with van der Waals surface area (Å²) < 4.78 is 0. The summed E-state index contributed by atoms with van der Waals surface area (Å²) in [5.74, 6) is -0.139. The Morgan fingerprint density at radius 2 is 2.00 bits per heavy atom. The van der Waals surface area contributed by atoms with Crippen molar-refractivity contribution in [2.24, 2.45) is 0 Å². The average Bonchev–Trinajstić information content (AvgIpc) is 2.17. The Morgan fingerprint density at radius 1 is 1.42 bits per heavy atom. The molecule has 0 unspecified atom stereocenters. The Labute approximate surface area is 70.6 Å². The smallest absolute Gasteiger partial charge is 0.251 e. The first-order chi connectivity index (χ1) is 5.77. The van der Waals surface area contributed by atoms with Crippen LogP contribution in [-0.4, -0.2) is 13.0 Å². The molecule has 0 aliphatic rings. The van der Waals surface area contributed by atoms with Crippen molar-refractivity contribution in [3.05, 3.63) is 35.4 Å². The highest BCUT2D eigenvalue weighted by molar-refractivity contribution is 5.93. The summed E-state index contributed by atoms with van der Waals surface area (Å²) in [5.41, 5.74) is 1.12. The molecular weight excluding hydrogens is 152 g/mol. The van der Waals surface area contributed by atoms with E-state index in [1.807, 2.05) is 6.07 Å². The van der Waals surface area contributed by atoms with Gasteiger partial charge in [0.25, 0.3) is 5.91 Å². The van der Waals surface area contributed by atoms with E-state index in [0.29, 0.717) is 11.1 Å². The van der Waals surface area contributed by atoms with E-state index in [1.54, 1.807) is 31.3 Å². The monoisotopic (exact) mass is 160 g/mol. The maximum absolute atomic E-state index is 11.0. The summed E-state index contributed by atoms with van der Waals surface area (Å²) >= 11 is 0. The van der Waals surface area contributed by atoms with Crippen LogP contribution in [0.2, 0.25) is 0 Å². The van der Waals surface area contributed by atoms with Crippen molar-refractivity contribution in [2.75, 3.05) is 7.05 Å². The van der Waals surface area contributed by atoms with Crippen LogP contribution in [0.4, 0.5) is 0 Å². The minimum absolute atomic E-state index is 0.139. The minimum atomic E-state index is -0.139. The van der Waals surface area contributed by atoms with Crippen LogP contribution in [0, 0.1) is 11.3 Å². The predicted molar refractivity (Wildman–Crippen MR) is 44.5 cm³/mol. The van der Waals surface area contributed by atoms with Gasteiger partial charge in [-0.25, -0.2) is 0 Å². The third kappa shape index (κ3) is 1.61. The zero-order valence-electron chi connectivity index (χ0n) is 6.66. The fourth-order valence-corrected chi connectivity index (χ4v) is 0.840. The zero-order chi connectivity index (χ0) is 8.97.